The Hall–Kier alpha value is -3.34. The van der Waals surface area contributed by atoms with Crippen molar-refractivity contribution in [3.8, 4) is 11.4 Å². The van der Waals surface area contributed by atoms with Crippen molar-refractivity contribution >= 4 is 22.9 Å². The number of hydrogen-bond donors (Lipinski definition) is 3. The Morgan fingerprint density at radius 3 is 2.70 bits per heavy atom. The minimum atomic E-state index is -0.562. The smallest absolute Gasteiger partial charge is 0.317 e. The summed E-state index contributed by atoms with van der Waals surface area (Å²) in [5.74, 6) is -0.669. The molecule has 3 aromatic heterocycles. The van der Waals surface area contributed by atoms with Crippen LogP contribution in [0.25, 0.3) is 22.4 Å². The summed E-state index contributed by atoms with van der Waals surface area (Å²) in [5, 5.41) is 6.89. The van der Waals surface area contributed by atoms with E-state index < -0.39 is 11.6 Å². The zero-order valence-corrected chi connectivity index (χ0v) is 23.5. The van der Waals surface area contributed by atoms with Gasteiger partial charge in [0.05, 0.1) is 12.4 Å². The predicted molar refractivity (Wildman–Crippen MR) is 152 cm³/mol. The highest BCUT2D eigenvalue weighted by atomic mass is 19.1. The first-order valence-corrected chi connectivity index (χ1v) is 14.5. The normalized spacial score (nSPS) is 17.2. The molecule has 2 amide bonds. The van der Waals surface area contributed by atoms with Crippen LogP contribution in [0, 0.1) is 11.6 Å². The van der Waals surface area contributed by atoms with E-state index >= 15 is 0 Å². The second-order valence-corrected chi connectivity index (χ2v) is 10.5. The van der Waals surface area contributed by atoms with Gasteiger partial charge in [-0.1, -0.05) is 25.7 Å². The monoisotopic (exact) mass is 557 g/mol. The van der Waals surface area contributed by atoms with E-state index in [0.29, 0.717) is 23.0 Å². The van der Waals surface area contributed by atoms with Gasteiger partial charge in [-0.15, -0.1) is 0 Å². The van der Waals surface area contributed by atoms with E-state index in [0.717, 1.165) is 70.7 Å². The molecule has 0 spiro atoms. The molecule has 1 fully saturated rings. The zero-order valence-electron chi connectivity index (χ0n) is 23.5. The minimum Gasteiger partial charge on any atom is -0.382 e. The fourth-order valence-corrected chi connectivity index (χ4v) is 5.20. The van der Waals surface area contributed by atoms with E-state index in [4.69, 9.17) is 4.74 Å². The molecule has 11 heteroatoms. The van der Waals surface area contributed by atoms with Gasteiger partial charge in [0.15, 0.2) is 17.5 Å². The number of fused-ring (bicyclic) bond motifs is 1. The van der Waals surface area contributed by atoms with Gasteiger partial charge in [-0.25, -0.2) is 28.5 Å². The highest BCUT2D eigenvalue weighted by molar-refractivity contribution is 5.91. The summed E-state index contributed by atoms with van der Waals surface area (Å²) in [4.78, 5) is 30.0. The van der Waals surface area contributed by atoms with Crippen molar-refractivity contribution < 1.29 is 18.3 Å². The van der Waals surface area contributed by atoms with E-state index in [2.05, 4.69) is 30.6 Å². The van der Waals surface area contributed by atoms with E-state index in [1.165, 1.54) is 25.3 Å². The highest BCUT2D eigenvalue weighted by Gasteiger charge is 2.25. The van der Waals surface area contributed by atoms with Crippen molar-refractivity contribution in [1.82, 2.24) is 30.2 Å². The van der Waals surface area contributed by atoms with Crippen molar-refractivity contribution in [2.24, 2.45) is 0 Å². The minimum absolute atomic E-state index is 0.00132. The van der Waals surface area contributed by atoms with Crippen LogP contribution in [0.3, 0.4) is 0 Å². The molecule has 2 atom stereocenters. The Labute approximate surface area is 234 Å². The number of ether oxygens (including phenoxy) is 1. The van der Waals surface area contributed by atoms with Crippen LogP contribution in [0.2, 0.25) is 0 Å². The van der Waals surface area contributed by atoms with Crippen LogP contribution in [-0.4, -0.2) is 69.8 Å². The van der Waals surface area contributed by atoms with Gasteiger partial charge in [0.1, 0.15) is 11.5 Å². The number of carbonyl (C=O) groups is 1. The van der Waals surface area contributed by atoms with Gasteiger partial charge in [-0.2, -0.15) is 0 Å². The molecule has 1 aliphatic carbocycles. The average Bonchev–Trinajstić information content (AvgIpc) is 3.36. The van der Waals surface area contributed by atoms with Gasteiger partial charge in [0.2, 0.25) is 0 Å². The van der Waals surface area contributed by atoms with Gasteiger partial charge in [0, 0.05) is 56.0 Å². The first-order chi connectivity index (χ1) is 19.4. The van der Waals surface area contributed by atoms with Gasteiger partial charge in [0.25, 0.3) is 0 Å². The predicted octanol–water partition coefficient (Wildman–Crippen LogP) is 6.04. The first kappa shape index (κ1) is 29.6. The third-order valence-electron chi connectivity index (χ3n) is 7.41. The van der Waals surface area contributed by atoms with Crippen LogP contribution in [0.5, 0.6) is 0 Å². The molecular weight excluding hydrogens is 516 g/mol. The molecule has 0 aliphatic heterocycles. The number of urea groups is 1. The maximum Gasteiger partial charge on any atom is 0.317 e. The highest BCUT2D eigenvalue weighted by Crippen LogP contribution is 2.28. The van der Waals surface area contributed by atoms with Crippen LogP contribution in [0.1, 0.15) is 71.1 Å². The molecule has 9 nitrogen and oxygen atoms in total. The number of carbonyl (C=O) groups excluding carboxylic acids is 1. The molecule has 0 aromatic carbocycles. The molecule has 40 heavy (non-hydrogen) atoms. The summed E-state index contributed by atoms with van der Waals surface area (Å²) in [5.41, 5.74) is 1.05. The lowest BCUT2D eigenvalue weighted by Crippen LogP contribution is -2.47. The number of H-pyrrole nitrogens is 1. The molecule has 1 saturated carbocycles. The Bertz CT molecular complexity index is 1240. The van der Waals surface area contributed by atoms with Crippen LogP contribution in [0.15, 0.2) is 24.7 Å². The summed E-state index contributed by atoms with van der Waals surface area (Å²) in [7, 11) is 1.83. The summed E-state index contributed by atoms with van der Waals surface area (Å²) < 4.78 is 33.8. The summed E-state index contributed by atoms with van der Waals surface area (Å²) in [6, 6.07) is 1.23. The molecule has 0 radical (unpaired) electrons. The second-order valence-electron chi connectivity index (χ2n) is 10.5. The number of amides is 2. The van der Waals surface area contributed by atoms with Gasteiger partial charge in [-0.05, 0) is 51.5 Å². The first-order valence-electron chi connectivity index (χ1n) is 14.5. The lowest BCUT2D eigenvalue weighted by molar-refractivity contribution is 0.143. The number of aromatic nitrogens is 4. The van der Waals surface area contributed by atoms with Gasteiger partial charge >= 0.3 is 6.03 Å². The van der Waals surface area contributed by atoms with E-state index in [9.17, 15) is 13.6 Å². The van der Waals surface area contributed by atoms with E-state index in [1.54, 1.807) is 11.1 Å². The second kappa shape index (κ2) is 14.9. The van der Waals surface area contributed by atoms with Crippen molar-refractivity contribution in [2.45, 2.75) is 83.2 Å². The topological polar surface area (TPSA) is 108 Å². The Kier molecular flexibility index (Phi) is 11.0. The Balaban J connectivity index is 1.24. The number of nitrogens with one attached hydrogen (secondary N) is 3. The number of pyridine rings is 1. The summed E-state index contributed by atoms with van der Waals surface area (Å²) in [6.07, 6.45) is 14.0. The largest absolute Gasteiger partial charge is 0.382 e. The number of rotatable bonds is 14. The van der Waals surface area contributed by atoms with E-state index in [-0.39, 0.29) is 29.8 Å². The quantitative estimate of drug-likeness (QED) is 0.209. The lowest BCUT2D eigenvalue weighted by atomic mass is 9.91. The molecule has 1 aliphatic rings. The van der Waals surface area contributed by atoms with E-state index in [1.807, 2.05) is 14.0 Å². The number of halogens is 2. The summed E-state index contributed by atoms with van der Waals surface area (Å²) >= 11 is 0. The van der Waals surface area contributed by atoms with Gasteiger partial charge in [-0.3, -0.25) is 0 Å². The number of unbranched alkanes of at least 4 members (excludes halogenated alkanes) is 5. The lowest BCUT2D eigenvalue weighted by Gasteiger charge is -2.32. The molecule has 218 valence electrons. The molecule has 3 aromatic rings. The molecule has 4 rings (SSSR count). The van der Waals surface area contributed by atoms with Crippen LogP contribution < -0.4 is 10.6 Å². The molecule has 0 saturated heterocycles. The molecule has 0 unspecified atom stereocenters. The molecule has 3 N–H and O–H groups in total. The third-order valence-corrected chi connectivity index (χ3v) is 7.41. The maximum atomic E-state index is 14.7. The van der Waals surface area contributed by atoms with Crippen molar-refractivity contribution in [3.05, 3.63) is 36.3 Å². The maximum absolute atomic E-state index is 14.7. The third kappa shape index (κ3) is 8.33. The zero-order chi connectivity index (χ0) is 28.3. The van der Waals surface area contributed by atoms with Crippen molar-refractivity contribution in [1.29, 1.82) is 0 Å². The number of aromatic amines is 1. The van der Waals surface area contributed by atoms with Crippen LogP contribution in [-0.2, 0) is 4.74 Å². The molecular formula is C29H41F2N7O2. The molecule has 3 heterocycles. The number of nitrogens with zero attached hydrogens (tertiary/aromatic N) is 4. The average molecular weight is 558 g/mol. The SMILES string of the molecule is CCOCCCCCCCCN(C)C(=O)N[C@H]1CCC[C@@H](Nc2nc(-c3c[nH]c4ncc(F)cc34)ncc2F)C1. The number of hydrogen-bond acceptors (Lipinski definition) is 6. The van der Waals surface area contributed by atoms with Crippen LogP contribution in [0.4, 0.5) is 19.4 Å². The van der Waals surface area contributed by atoms with Crippen molar-refractivity contribution in [3.63, 3.8) is 0 Å². The molecule has 0 bridgehead atoms. The Morgan fingerprint density at radius 1 is 1.10 bits per heavy atom. The number of anilines is 1. The van der Waals surface area contributed by atoms with Crippen molar-refractivity contribution in [2.75, 3.05) is 32.1 Å². The summed E-state index contributed by atoms with van der Waals surface area (Å²) in [6.45, 7) is 4.37. The Morgan fingerprint density at radius 2 is 1.88 bits per heavy atom. The standard InChI is InChI=1S/C29H41F2N7O2/c1-3-40-14-9-7-5-4-6-8-13-38(2)29(39)36-22-12-10-11-21(16-22)35-28-25(31)19-34-27(37-28)24-18-33-26-23(24)15-20(30)17-32-26/h15,17-19,21-22H,3-14,16H2,1-2H3,(H,32,33)(H,36,39)(H,34,35,37)/t21-,22+/m1/s1. The fourth-order valence-electron chi connectivity index (χ4n) is 5.20. The van der Waals surface area contributed by atoms with Gasteiger partial charge < -0.3 is 25.3 Å². The fraction of sp³-hybridized carbons (Fsp3) is 0.586. The van der Waals surface area contributed by atoms with Crippen LogP contribution >= 0.6 is 0 Å².